The number of aliphatic hydroxyl groups is 1. The molecule has 1 aliphatic rings. The largest absolute Gasteiger partial charge is 0.487 e. The van der Waals surface area contributed by atoms with Crippen molar-refractivity contribution < 1.29 is 23.1 Å². The Hall–Kier alpha value is -3.71. The quantitative estimate of drug-likeness (QED) is 0.517. The maximum Gasteiger partial charge on any atom is 0.253 e. The third-order valence-corrected chi connectivity index (χ3v) is 8.83. The van der Waals surface area contributed by atoms with Crippen molar-refractivity contribution in [2.45, 2.75) is 30.9 Å². The summed E-state index contributed by atoms with van der Waals surface area (Å²) >= 11 is 0. The molecule has 0 saturated carbocycles. The van der Waals surface area contributed by atoms with Crippen LogP contribution in [0.4, 0.5) is 0 Å². The number of nitrogens with zero attached hydrogens (tertiary/aromatic N) is 3. The van der Waals surface area contributed by atoms with Crippen molar-refractivity contribution in [2.24, 2.45) is 5.92 Å². The van der Waals surface area contributed by atoms with Crippen molar-refractivity contribution in [3.05, 3.63) is 83.9 Å². The van der Waals surface area contributed by atoms with E-state index in [1.807, 2.05) is 19.1 Å². The number of amides is 1. The Morgan fingerprint density at radius 3 is 2.53 bits per heavy atom. The Bertz CT molecular complexity index is 1450. The predicted octanol–water partition coefficient (Wildman–Crippen LogP) is 3.77. The zero-order valence-electron chi connectivity index (χ0n) is 21.6. The second-order valence-electron chi connectivity index (χ2n) is 9.65. The minimum Gasteiger partial charge on any atom is -0.487 e. The van der Waals surface area contributed by atoms with Gasteiger partial charge in [-0.05, 0) is 54.4 Å². The molecule has 0 radical (unpaired) electrons. The van der Waals surface area contributed by atoms with Crippen molar-refractivity contribution in [3.63, 3.8) is 0 Å². The van der Waals surface area contributed by atoms with Gasteiger partial charge in [0.15, 0.2) is 0 Å². The van der Waals surface area contributed by atoms with Gasteiger partial charge in [0, 0.05) is 31.1 Å². The number of carbonyl (C=O) groups excluding carboxylic acids is 1. The van der Waals surface area contributed by atoms with Crippen molar-refractivity contribution in [2.75, 3.05) is 26.7 Å². The second-order valence-corrected chi connectivity index (χ2v) is 11.5. The van der Waals surface area contributed by atoms with Gasteiger partial charge in [-0.2, -0.15) is 9.57 Å². The summed E-state index contributed by atoms with van der Waals surface area (Å²) in [5.41, 5.74) is 2.47. The van der Waals surface area contributed by atoms with Crippen LogP contribution in [0.1, 0.15) is 29.8 Å². The van der Waals surface area contributed by atoms with Crippen LogP contribution in [-0.4, -0.2) is 67.5 Å². The molecule has 1 amide bonds. The zero-order valence-corrected chi connectivity index (χ0v) is 22.4. The van der Waals surface area contributed by atoms with E-state index in [2.05, 4.69) is 6.07 Å². The Labute approximate surface area is 223 Å². The maximum atomic E-state index is 13.7. The highest BCUT2D eigenvalue weighted by atomic mass is 32.2. The number of rotatable bonds is 6. The molecular formula is C29H31N3O5S. The van der Waals surface area contributed by atoms with E-state index in [0.29, 0.717) is 16.7 Å². The van der Waals surface area contributed by atoms with Gasteiger partial charge in [0.1, 0.15) is 16.7 Å². The predicted molar refractivity (Wildman–Crippen MR) is 144 cm³/mol. The van der Waals surface area contributed by atoms with Crippen LogP contribution in [0.15, 0.2) is 77.7 Å². The zero-order chi connectivity index (χ0) is 27.4. The second kappa shape index (κ2) is 11.4. The Morgan fingerprint density at radius 2 is 1.84 bits per heavy atom. The molecule has 3 aromatic rings. The first-order valence-electron chi connectivity index (χ1n) is 12.4. The van der Waals surface area contributed by atoms with Crippen LogP contribution in [0, 0.1) is 17.2 Å². The van der Waals surface area contributed by atoms with Gasteiger partial charge in [0.25, 0.3) is 5.91 Å². The molecule has 0 fully saturated rings. The minimum atomic E-state index is -3.99. The molecule has 9 heteroatoms. The average molecular weight is 534 g/mol. The SMILES string of the molecule is C[C@H](CO)N1C[C@H](C)[C@@H](CN(C)C(=O)c2ccccc2)Oc2cc(-c3cccc(C#N)c3)ccc2S1(=O)=O. The van der Waals surface area contributed by atoms with Crippen LogP contribution in [0.5, 0.6) is 5.75 Å². The molecule has 0 aliphatic carbocycles. The number of nitriles is 1. The van der Waals surface area contributed by atoms with Crippen LogP contribution in [0.25, 0.3) is 11.1 Å². The Morgan fingerprint density at radius 1 is 1.13 bits per heavy atom. The molecule has 1 aliphatic heterocycles. The van der Waals surface area contributed by atoms with Gasteiger partial charge in [-0.25, -0.2) is 8.42 Å². The summed E-state index contributed by atoms with van der Waals surface area (Å²) < 4.78 is 35.1. The molecule has 0 bridgehead atoms. The standard InChI is InChI=1S/C29H31N3O5S/c1-20-17-32(21(2)19-33)38(35,36)28-13-12-25(24-11-7-8-22(14-24)16-30)15-26(28)37-27(20)18-31(3)29(34)23-9-5-4-6-10-23/h4-15,20-21,27,33H,17-19H2,1-3H3/t20-,21+,27+/m0/s1. The van der Waals surface area contributed by atoms with Crippen molar-refractivity contribution >= 4 is 15.9 Å². The third kappa shape index (κ3) is 5.58. The average Bonchev–Trinajstić information content (AvgIpc) is 2.94. The van der Waals surface area contributed by atoms with Crippen LogP contribution in [-0.2, 0) is 10.0 Å². The van der Waals surface area contributed by atoms with E-state index in [0.717, 1.165) is 5.56 Å². The molecule has 3 aromatic carbocycles. The molecule has 0 unspecified atom stereocenters. The minimum absolute atomic E-state index is 0.00748. The van der Waals surface area contributed by atoms with Gasteiger partial charge in [-0.15, -0.1) is 0 Å². The highest BCUT2D eigenvalue weighted by Crippen LogP contribution is 2.36. The molecule has 1 N–H and O–H groups in total. The number of sulfonamides is 1. The number of fused-ring (bicyclic) bond motifs is 1. The molecule has 198 valence electrons. The Balaban J connectivity index is 1.76. The lowest BCUT2D eigenvalue weighted by molar-refractivity contribution is 0.0564. The first-order chi connectivity index (χ1) is 18.1. The molecule has 1 heterocycles. The number of carbonyl (C=O) groups is 1. The van der Waals surface area contributed by atoms with Crippen molar-refractivity contribution in [1.82, 2.24) is 9.21 Å². The molecule has 4 rings (SSSR count). The highest BCUT2D eigenvalue weighted by Gasteiger charge is 2.38. The molecule has 0 saturated heterocycles. The van der Waals surface area contributed by atoms with Crippen LogP contribution < -0.4 is 4.74 Å². The van der Waals surface area contributed by atoms with Crippen LogP contribution in [0.2, 0.25) is 0 Å². The first kappa shape index (κ1) is 27.3. The van der Waals surface area contributed by atoms with Gasteiger partial charge < -0.3 is 14.7 Å². The number of ether oxygens (including phenoxy) is 1. The molecule has 38 heavy (non-hydrogen) atoms. The fourth-order valence-corrected chi connectivity index (χ4v) is 6.37. The number of aliphatic hydroxyl groups excluding tert-OH is 1. The van der Waals surface area contributed by atoms with Gasteiger partial charge in [-0.3, -0.25) is 4.79 Å². The maximum absolute atomic E-state index is 13.7. The van der Waals surface area contributed by atoms with Gasteiger partial charge in [0.05, 0.1) is 24.8 Å². The van der Waals surface area contributed by atoms with Crippen LogP contribution in [0.3, 0.4) is 0 Å². The van der Waals surface area contributed by atoms with Crippen LogP contribution >= 0.6 is 0 Å². The number of hydrogen-bond acceptors (Lipinski definition) is 6. The van der Waals surface area contributed by atoms with Gasteiger partial charge in [0.2, 0.25) is 10.0 Å². The third-order valence-electron chi connectivity index (χ3n) is 6.81. The molecule has 3 atom stereocenters. The van der Waals surface area contributed by atoms with E-state index in [1.165, 1.54) is 10.4 Å². The normalized spacial score (nSPS) is 19.7. The topological polar surface area (TPSA) is 111 Å². The molecular weight excluding hydrogens is 502 g/mol. The Kier molecular flexibility index (Phi) is 8.17. The van der Waals surface area contributed by atoms with E-state index in [4.69, 9.17) is 4.74 Å². The summed E-state index contributed by atoms with van der Waals surface area (Å²) in [5.74, 6) is -0.306. The molecule has 0 spiro atoms. The fourth-order valence-electron chi connectivity index (χ4n) is 4.55. The van der Waals surface area contributed by atoms with E-state index < -0.39 is 22.2 Å². The highest BCUT2D eigenvalue weighted by molar-refractivity contribution is 7.89. The first-order valence-corrected chi connectivity index (χ1v) is 13.8. The lowest BCUT2D eigenvalue weighted by Gasteiger charge is -2.37. The molecule has 8 nitrogen and oxygen atoms in total. The molecule has 0 aromatic heterocycles. The summed E-state index contributed by atoms with van der Waals surface area (Å²) in [5, 5.41) is 19.2. The van der Waals surface area contributed by atoms with E-state index in [9.17, 15) is 23.6 Å². The number of likely N-dealkylation sites (N-methyl/N-ethyl adjacent to an activating group) is 1. The summed E-state index contributed by atoms with van der Waals surface area (Å²) in [6, 6.07) is 22.3. The van der Waals surface area contributed by atoms with E-state index in [-0.39, 0.29) is 42.2 Å². The monoisotopic (exact) mass is 533 g/mol. The lowest BCUT2D eigenvalue weighted by atomic mass is 10.0. The summed E-state index contributed by atoms with van der Waals surface area (Å²) in [6.45, 7) is 3.55. The lowest BCUT2D eigenvalue weighted by Crippen LogP contribution is -2.50. The van der Waals surface area contributed by atoms with Crippen molar-refractivity contribution in [1.29, 1.82) is 5.26 Å². The summed E-state index contributed by atoms with van der Waals surface area (Å²) in [7, 11) is -2.30. The fraction of sp³-hybridized carbons (Fsp3) is 0.310. The number of benzene rings is 3. The summed E-state index contributed by atoms with van der Waals surface area (Å²) in [4.78, 5) is 14.6. The summed E-state index contributed by atoms with van der Waals surface area (Å²) in [6.07, 6.45) is -0.531. The van der Waals surface area contributed by atoms with Gasteiger partial charge in [-0.1, -0.05) is 43.3 Å². The van der Waals surface area contributed by atoms with Gasteiger partial charge >= 0.3 is 0 Å². The van der Waals surface area contributed by atoms with E-state index in [1.54, 1.807) is 73.5 Å². The number of hydrogen-bond donors (Lipinski definition) is 1. The van der Waals surface area contributed by atoms with E-state index >= 15 is 0 Å². The van der Waals surface area contributed by atoms with Crippen molar-refractivity contribution in [3.8, 4) is 22.9 Å². The smallest absolute Gasteiger partial charge is 0.253 e.